The van der Waals surface area contributed by atoms with Crippen LogP contribution in [0, 0.1) is 0 Å². The summed E-state index contributed by atoms with van der Waals surface area (Å²) in [7, 11) is -3.61. The maximum Gasteiger partial charge on any atom is 0.240 e. The molecule has 0 aliphatic carbocycles. The van der Waals surface area contributed by atoms with Gasteiger partial charge in [-0.3, -0.25) is 9.69 Å². The first kappa shape index (κ1) is 20.5. The molecule has 6 nitrogen and oxygen atoms in total. The molecule has 0 spiro atoms. The molecular weight excluding hydrogens is 374 g/mol. The highest BCUT2D eigenvalue weighted by molar-refractivity contribution is 7.89. The second kappa shape index (κ2) is 8.86. The number of carbonyl (C=O) groups excluding carboxylic acids is 1. The minimum absolute atomic E-state index is 0.0364. The number of hydrogen-bond donors (Lipinski definition) is 2. The van der Waals surface area contributed by atoms with Crippen molar-refractivity contribution in [1.82, 2.24) is 9.62 Å². The Morgan fingerprint density at radius 3 is 2.36 bits per heavy atom. The summed E-state index contributed by atoms with van der Waals surface area (Å²) < 4.78 is 27.9. The molecule has 1 amide bonds. The second-order valence-electron chi connectivity index (χ2n) is 6.97. The SMILES string of the molecule is CCN(CC)Cc1ccc(CNS(=O)(=O)c2ccc3c(c2)CCC(=O)N3)cc1. The highest BCUT2D eigenvalue weighted by atomic mass is 32.2. The lowest BCUT2D eigenvalue weighted by molar-refractivity contribution is -0.116. The monoisotopic (exact) mass is 401 g/mol. The molecule has 150 valence electrons. The third-order valence-electron chi connectivity index (χ3n) is 5.07. The summed E-state index contributed by atoms with van der Waals surface area (Å²) in [4.78, 5) is 14.0. The Balaban J connectivity index is 1.64. The number of nitrogens with one attached hydrogen (secondary N) is 2. The van der Waals surface area contributed by atoms with Gasteiger partial charge >= 0.3 is 0 Å². The molecule has 0 aromatic heterocycles. The molecule has 2 aromatic rings. The molecule has 3 rings (SSSR count). The van der Waals surface area contributed by atoms with Gasteiger partial charge in [-0.15, -0.1) is 0 Å². The van der Waals surface area contributed by atoms with E-state index >= 15 is 0 Å². The van der Waals surface area contributed by atoms with Gasteiger partial charge in [0.25, 0.3) is 0 Å². The van der Waals surface area contributed by atoms with Crippen LogP contribution < -0.4 is 10.0 Å². The topological polar surface area (TPSA) is 78.5 Å². The number of aryl methyl sites for hydroxylation is 1. The van der Waals surface area contributed by atoms with E-state index in [1.807, 2.05) is 24.3 Å². The zero-order chi connectivity index (χ0) is 20.1. The zero-order valence-corrected chi connectivity index (χ0v) is 17.2. The normalized spacial score (nSPS) is 14.0. The number of nitrogens with zero attached hydrogens (tertiary/aromatic N) is 1. The standard InChI is InChI=1S/C21H27N3O3S/c1-3-24(4-2)15-17-7-5-16(6-8-17)14-22-28(26,27)19-10-11-20-18(13-19)9-12-21(25)23-20/h5-8,10-11,13,22H,3-4,9,12,14-15H2,1-2H3,(H,23,25). The van der Waals surface area contributed by atoms with Crippen LogP contribution in [0.5, 0.6) is 0 Å². The number of carbonyl (C=O) groups is 1. The molecule has 1 heterocycles. The summed E-state index contributed by atoms with van der Waals surface area (Å²) in [6.07, 6.45) is 0.933. The number of benzene rings is 2. The lowest BCUT2D eigenvalue weighted by Crippen LogP contribution is -2.24. The Morgan fingerprint density at radius 2 is 1.68 bits per heavy atom. The van der Waals surface area contributed by atoms with Gasteiger partial charge in [0.1, 0.15) is 0 Å². The maximum absolute atomic E-state index is 12.6. The van der Waals surface area contributed by atoms with Crippen molar-refractivity contribution in [2.24, 2.45) is 0 Å². The molecule has 2 N–H and O–H groups in total. The minimum Gasteiger partial charge on any atom is -0.326 e. The first-order valence-electron chi connectivity index (χ1n) is 9.64. The van der Waals surface area contributed by atoms with E-state index in [0.717, 1.165) is 30.8 Å². The minimum atomic E-state index is -3.61. The Bertz CT molecular complexity index is 936. The molecule has 1 aliphatic rings. The Labute approximate surface area is 167 Å². The van der Waals surface area contributed by atoms with Gasteiger partial charge in [-0.1, -0.05) is 38.1 Å². The molecule has 7 heteroatoms. The molecular formula is C21H27N3O3S. The van der Waals surface area contributed by atoms with Crippen molar-refractivity contribution < 1.29 is 13.2 Å². The van der Waals surface area contributed by atoms with Crippen molar-refractivity contribution in [3.63, 3.8) is 0 Å². The first-order valence-corrected chi connectivity index (χ1v) is 11.1. The predicted octanol–water partition coefficient (Wildman–Crippen LogP) is 2.89. The summed E-state index contributed by atoms with van der Waals surface area (Å²) in [6.45, 7) is 7.42. The summed E-state index contributed by atoms with van der Waals surface area (Å²) in [5.74, 6) is -0.0364. The van der Waals surface area contributed by atoms with E-state index in [4.69, 9.17) is 0 Å². The van der Waals surface area contributed by atoms with Gasteiger partial charge in [-0.2, -0.15) is 0 Å². The predicted molar refractivity (Wildman–Crippen MR) is 110 cm³/mol. The largest absolute Gasteiger partial charge is 0.326 e. The summed E-state index contributed by atoms with van der Waals surface area (Å²) in [6, 6.07) is 12.8. The summed E-state index contributed by atoms with van der Waals surface area (Å²) in [5, 5.41) is 2.77. The molecule has 0 saturated carbocycles. The smallest absolute Gasteiger partial charge is 0.240 e. The maximum atomic E-state index is 12.6. The van der Waals surface area contributed by atoms with Crippen LogP contribution in [0.25, 0.3) is 0 Å². The quantitative estimate of drug-likeness (QED) is 0.713. The van der Waals surface area contributed by atoms with Crippen LogP contribution in [-0.2, 0) is 34.3 Å². The van der Waals surface area contributed by atoms with E-state index in [2.05, 4.69) is 28.8 Å². The number of hydrogen-bond acceptors (Lipinski definition) is 4. The Kier molecular flexibility index (Phi) is 6.49. The number of rotatable bonds is 8. The van der Waals surface area contributed by atoms with Crippen LogP contribution in [-0.4, -0.2) is 32.3 Å². The molecule has 2 aromatic carbocycles. The van der Waals surface area contributed by atoms with E-state index in [9.17, 15) is 13.2 Å². The Hall–Kier alpha value is -2.22. The Morgan fingerprint density at radius 1 is 1.00 bits per heavy atom. The number of anilines is 1. The van der Waals surface area contributed by atoms with Crippen molar-refractivity contribution in [3.8, 4) is 0 Å². The highest BCUT2D eigenvalue weighted by Crippen LogP contribution is 2.25. The average molecular weight is 402 g/mol. The van der Waals surface area contributed by atoms with E-state index in [0.29, 0.717) is 18.5 Å². The van der Waals surface area contributed by atoms with Crippen LogP contribution in [0.15, 0.2) is 47.4 Å². The van der Waals surface area contributed by atoms with Crippen LogP contribution in [0.3, 0.4) is 0 Å². The van der Waals surface area contributed by atoms with Crippen LogP contribution in [0.2, 0.25) is 0 Å². The van der Waals surface area contributed by atoms with Crippen LogP contribution in [0.1, 0.15) is 37.0 Å². The van der Waals surface area contributed by atoms with Gasteiger partial charge in [-0.05, 0) is 54.4 Å². The van der Waals surface area contributed by atoms with Gasteiger partial charge < -0.3 is 5.32 Å². The van der Waals surface area contributed by atoms with Crippen molar-refractivity contribution in [3.05, 3.63) is 59.2 Å². The second-order valence-corrected chi connectivity index (χ2v) is 8.74. The number of fused-ring (bicyclic) bond motifs is 1. The lowest BCUT2D eigenvalue weighted by Gasteiger charge is -2.18. The van der Waals surface area contributed by atoms with Crippen molar-refractivity contribution in [2.45, 2.75) is 44.7 Å². The third kappa shape index (κ3) is 4.98. The molecule has 0 bridgehead atoms. The number of amides is 1. The fraction of sp³-hybridized carbons (Fsp3) is 0.381. The third-order valence-corrected chi connectivity index (χ3v) is 6.47. The molecule has 0 radical (unpaired) electrons. The van der Waals surface area contributed by atoms with E-state index in [1.165, 1.54) is 11.6 Å². The van der Waals surface area contributed by atoms with Gasteiger partial charge in [0.05, 0.1) is 4.90 Å². The first-order chi connectivity index (χ1) is 13.4. The molecule has 0 atom stereocenters. The summed E-state index contributed by atoms with van der Waals surface area (Å²) in [5.41, 5.74) is 3.67. The molecule has 1 aliphatic heterocycles. The van der Waals surface area contributed by atoms with Gasteiger partial charge in [0, 0.05) is 25.2 Å². The van der Waals surface area contributed by atoms with Crippen molar-refractivity contribution in [1.29, 1.82) is 0 Å². The summed E-state index contributed by atoms with van der Waals surface area (Å²) >= 11 is 0. The average Bonchev–Trinajstić information content (AvgIpc) is 2.71. The van der Waals surface area contributed by atoms with Crippen molar-refractivity contribution >= 4 is 21.6 Å². The molecule has 28 heavy (non-hydrogen) atoms. The van der Waals surface area contributed by atoms with E-state index in [-0.39, 0.29) is 17.3 Å². The fourth-order valence-corrected chi connectivity index (χ4v) is 4.32. The van der Waals surface area contributed by atoms with E-state index in [1.54, 1.807) is 12.1 Å². The fourth-order valence-electron chi connectivity index (χ4n) is 3.26. The molecule has 0 saturated heterocycles. The van der Waals surface area contributed by atoms with E-state index < -0.39 is 10.0 Å². The zero-order valence-electron chi connectivity index (χ0n) is 16.4. The van der Waals surface area contributed by atoms with Crippen molar-refractivity contribution in [2.75, 3.05) is 18.4 Å². The van der Waals surface area contributed by atoms with Crippen LogP contribution in [0.4, 0.5) is 5.69 Å². The van der Waals surface area contributed by atoms with Crippen LogP contribution >= 0.6 is 0 Å². The lowest BCUT2D eigenvalue weighted by atomic mass is 10.0. The highest BCUT2D eigenvalue weighted by Gasteiger charge is 2.19. The molecule has 0 unspecified atom stereocenters. The number of sulfonamides is 1. The molecule has 0 fully saturated rings. The van der Waals surface area contributed by atoms with Gasteiger partial charge in [0.15, 0.2) is 0 Å². The van der Waals surface area contributed by atoms with Gasteiger partial charge in [-0.25, -0.2) is 13.1 Å². The van der Waals surface area contributed by atoms with Gasteiger partial charge in [0.2, 0.25) is 15.9 Å².